The molecule has 1 aromatic rings. The first-order valence-corrected chi connectivity index (χ1v) is 5.67. The maximum Gasteiger partial charge on any atom is 0.122 e. The minimum Gasteiger partial charge on any atom is -0.491 e. The molecule has 0 radical (unpaired) electrons. The molecule has 2 N–H and O–H groups in total. The quantitative estimate of drug-likeness (QED) is 0.724. The smallest absolute Gasteiger partial charge is 0.122 e. The number of hydrogen-bond donors (Lipinski definition) is 2. The van der Waals surface area contributed by atoms with Crippen LogP contribution in [0.3, 0.4) is 0 Å². The zero-order valence-corrected chi connectivity index (χ0v) is 11.4. The molecule has 0 saturated heterocycles. The predicted octanol–water partition coefficient (Wildman–Crippen LogP) is 2.57. The average Bonchev–Trinajstić information content (AvgIpc) is 2.49. The van der Waals surface area contributed by atoms with Crippen LogP contribution in [0.5, 0.6) is 5.75 Å². The van der Waals surface area contributed by atoms with Gasteiger partial charge < -0.3 is 15.2 Å². The van der Waals surface area contributed by atoms with Crippen molar-refractivity contribution in [1.82, 2.24) is 5.32 Å². The third-order valence-electron chi connectivity index (χ3n) is 2.28. The fraction of sp³-hybridized carbons (Fsp3) is 0.467. The zero-order chi connectivity index (χ0) is 19.3. The van der Waals surface area contributed by atoms with Crippen molar-refractivity contribution in [2.75, 3.05) is 13.2 Å². The van der Waals surface area contributed by atoms with E-state index in [2.05, 4.69) is 11.9 Å². The monoisotopic (exact) mass is 292 g/mol. The Morgan fingerprint density at radius 2 is 2.26 bits per heavy atom. The van der Waals surface area contributed by atoms with E-state index in [1.54, 1.807) is 18.2 Å². The van der Waals surface area contributed by atoms with Gasteiger partial charge in [0.1, 0.15) is 18.5 Å². The van der Waals surface area contributed by atoms with Gasteiger partial charge in [-0.2, -0.15) is 0 Å². The molecule has 0 bridgehead atoms. The van der Waals surface area contributed by atoms with E-state index in [0.717, 1.165) is 5.56 Å². The number of hydrogen-bond acceptors (Lipinski definition) is 3. The summed E-state index contributed by atoms with van der Waals surface area (Å²) < 4.78 is 57.1. The molecule has 4 heteroatoms. The van der Waals surface area contributed by atoms with Crippen molar-refractivity contribution in [3.05, 3.63) is 42.5 Å². The van der Waals surface area contributed by atoms with E-state index in [9.17, 15) is 5.11 Å². The highest BCUT2D eigenvalue weighted by Gasteiger charge is 2.07. The number of nitrogens with one attached hydrogen (secondary N) is 1. The Morgan fingerprint density at radius 1 is 1.53 bits per heavy atom. The Hall–Kier alpha value is -1.03. The Bertz CT molecular complexity index is 564. The van der Waals surface area contributed by atoms with Gasteiger partial charge in [-0.3, -0.25) is 0 Å². The SMILES string of the molecule is Cl.[2H]C([2H])([2H])C([2H])(NCC(O)COc1ccccc1CC=C)C([2H])([2H])[2H]. The Morgan fingerprint density at radius 3 is 2.95 bits per heavy atom. The third-order valence-corrected chi connectivity index (χ3v) is 2.28. The van der Waals surface area contributed by atoms with Crippen LogP contribution in [0.25, 0.3) is 0 Å². The maximum absolute atomic E-state index is 9.97. The fourth-order valence-electron chi connectivity index (χ4n) is 1.43. The van der Waals surface area contributed by atoms with Crippen LogP contribution in [0.4, 0.5) is 0 Å². The lowest BCUT2D eigenvalue weighted by molar-refractivity contribution is 0.104. The van der Waals surface area contributed by atoms with Crippen LogP contribution in [0, 0.1) is 0 Å². The largest absolute Gasteiger partial charge is 0.491 e. The number of rotatable bonds is 8. The molecule has 0 saturated carbocycles. The highest BCUT2D eigenvalue weighted by Crippen LogP contribution is 2.18. The molecular weight excluding hydrogens is 262 g/mol. The van der Waals surface area contributed by atoms with Crippen molar-refractivity contribution >= 4 is 12.4 Å². The Kier molecular flexibility index (Phi) is 4.67. The van der Waals surface area contributed by atoms with Gasteiger partial charge in [0.05, 0.1) is 0 Å². The predicted molar refractivity (Wildman–Crippen MR) is 82.2 cm³/mol. The normalized spacial score (nSPS) is 19.1. The number of halogens is 1. The van der Waals surface area contributed by atoms with Crippen molar-refractivity contribution in [3.8, 4) is 5.75 Å². The standard InChI is InChI=1S/C15H23NO2.ClH/c1-4-7-13-8-5-6-9-15(13)18-11-14(17)10-16-12(2)3;/h4-6,8-9,12,14,16-17H,1,7,10-11H2,2-3H3;1H/i2D3,3D3,12D;. The molecule has 0 amide bonds. The number of ether oxygens (including phenoxy) is 1. The first-order chi connectivity index (χ1) is 11.4. The summed E-state index contributed by atoms with van der Waals surface area (Å²) in [5.74, 6) is 0.547. The van der Waals surface area contributed by atoms with Gasteiger partial charge in [0.2, 0.25) is 0 Å². The van der Waals surface area contributed by atoms with E-state index >= 15 is 0 Å². The van der Waals surface area contributed by atoms with Crippen LogP contribution in [0.15, 0.2) is 36.9 Å². The van der Waals surface area contributed by atoms with Gasteiger partial charge in [-0.25, -0.2) is 0 Å². The highest BCUT2D eigenvalue weighted by atomic mass is 35.5. The molecule has 1 aromatic carbocycles. The average molecular weight is 293 g/mol. The summed E-state index contributed by atoms with van der Waals surface area (Å²) in [6, 6.07) is 4.30. The molecule has 0 fully saturated rings. The first kappa shape index (κ1) is 9.01. The molecule has 108 valence electrons. The molecule has 3 nitrogen and oxygen atoms in total. The number of aliphatic hydroxyl groups is 1. The van der Waals surface area contributed by atoms with Crippen LogP contribution in [-0.4, -0.2) is 30.4 Å². The molecule has 0 heterocycles. The summed E-state index contributed by atoms with van der Waals surface area (Å²) >= 11 is 0. The second-order valence-corrected chi connectivity index (χ2v) is 3.82. The van der Waals surface area contributed by atoms with Crippen molar-refractivity contribution < 1.29 is 19.4 Å². The van der Waals surface area contributed by atoms with Gasteiger partial charge >= 0.3 is 0 Å². The lowest BCUT2D eigenvalue weighted by atomic mass is 10.1. The number of aliphatic hydroxyl groups excluding tert-OH is 1. The lowest BCUT2D eigenvalue weighted by Gasteiger charge is -2.16. The molecule has 19 heavy (non-hydrogen) atoms. The van der Waals surface area contributed by atoms with Crippen molar-refractivity contribution in [2.24, 2.45) is 0 Å². The number of benzene rings is 1. The Balaban J connectivity index is 0.00000625. The van der Waals surface area contributed by atoms with Crippen LogP contribution in [-0.2, 0) is 6.42 Å². The van der Waals surface area contributed by atoms with Crippen LogP contribution in [0.1, 0.15) is 28.9 Å². The minimum absolute atomic E-state index is 0. The highest BCUT2D eigenvalue weighted by molar-refractivity contribution is 5.85. The molecular formula is C15H24ClNO2. The van der Waals surface area contributed by atoms with Crippen molar-refractivity contribution in [2.45, 2.75) is 32.2 Å². The van der Waals surface area contributed by atoms with Crippen molar-refractivity contribution in [1.29, 1.82) is 0 Å². The van der Waals surface area contributed by atoms with Crippen LogP contribution in [0.2, 0.25) is 0 Å². The first-order valence-electron chi connectivity index (χ1n) is 9.17. The lowest BCUT2D eigenvalue weighted by Crippen LogP contribution is -2.35. The molecule has 1 atom stereocenters. The summed E-state index contributed by atoms with van der Waals surface area (Å²) in [7, 11) is 0. The molecule has 1 unspecified atom stereocenters. The third kappa shape index (κ3) is 7.21. The molecule has 0 aliphatic rings. The van der Waals surface area contributed by atoms with Crippen molar-refractivity contribution in [3.63, 3.8) is 0 Å². The summed E-state index contributed by atoms with van der Waals surface area (Å²) in [4.78, 5) is 0. The van der Waals surface area contributed by atoms with Gasteiger partial charge in [0.15, 0.2) is 0 Å². The summed E-state index contributed by atoms with van der Waals surface area (Å²) in [6.45, 7) is -3.12. The van der Waals surface area contributed by atoms with Gasteiger partial charge in [0.25, 0.3) is 0 Å². The van der Waals surface area contributed by atoms with E-state index in [0.29, 0.717) is 12.2 Å². The zero-order valence-electron chi connectivity index (χ0n) is 17.6. The van der Waals surface area contributed by atoms with E-state index < -0.39 is 32.4 Å². The molecule has 1 rings (SSSR count). The van der Waals surface area contributed by atoms with E-state index in [-0.39, 0.29) is 19.0 Å². The van der Waals surface area contributed by atoms with Crippen LogP contribution >= 0.6 is 12.4 Å². The molecule has 0 spiro atoms. The summed E-state index contributed by atoms with van der Waals surface area (Å²) in [5.41, 5.74) is 0.873. The topological polar surface area (TPSA) is 41.5 Å². The second kappa shape index (κ2) is 9.84. The summed E-state index contributed by atoms with van der Waals surface area (Å²) in [6.07, 6.45) is 1.10. The Labute approximate surface area is 131 Å². The van der Waals surface area contributed by atoms with Crippen LogP contribution < -0.4 is 10.1 Å². The number of allylic oxidation sites excluding steroid dienone is 1. The molecule has 0 aliphatic heterocycles. The molecule has 0 aliphatic carbocycles. The van der Waals surface area contributed by atoms with Gasteiger partial charge in [0, 0.05) is 22.2 Å². The minimum atomic E-state index is -3.09. The molecule has 0 aromatic heterocycles. The second-order valence-electron chi connectivity index (χ2n) is 3.82. The van der Waals surface area contributed by atoms with Gasteiger partial charge in [-0.1, -0.05) is 38.0 Å². The summed E-state index contributed by atoms with van der Waals surface area (Å²) in [5, 5.41) is 12.1. The van der Waals surface area contributed by atoms with E-state index in [1.807, 2.05) is 12.1 Å². The van der Waals surface area contributed by atoms with E-state index in [4.69, 9.17) is 14.3 Å². The van der Waals surface area contributed by atoms with Gasteiger partial charge in [-0.15, -0.1) is 19.0 Å². The van der Waals surface area contributed by atoms with E-state index in [1.165, 1.54) is 0 Å². The van der Waals surface area contributed by atoms with Gasteiger partial charge in [-0.05, 0) is 18.1 Å². The number of para-hydroxylation sites is 1. The fourth-order valence-corrected chi connectivity index (χ4v) is 1.43. The maximum atomic E-state index is 9.97.